The van der Waals surface area contributed by atoms with E-state index in [2.05, 4.69) is 20.7 Å². The summed E-state index contributed by atoms with van der Waals surface area (Å²) in [6.45, 7) is 1.69. The second-order valence-corrected chi connectivity index (χ2v) is 7.40. The summed E-state index contributed by atoms with van der Waals surface area (Å²) in [5.74, 6) is 0. The van der Waals surface area contributed by atoms with E-state index in [0.29, 0.717) is 20.7 Å². The molecule has 2 aromatic rings. The van der Waals surface area contributed by atoms with Gasteiger partial charge in [0.2, 0.25) is 0 Å². The lowest BCUT2D eigenvalue weighted by Gasteiger charge is -2.11. The Labute approximate surface area is 136 Å². The Morgan fingerprint density at radius 1 is 1.24 bits per heavy atom. The van der Waals surface area contributed by atoms with E-state index in [9.17, 15) is 8.42 Å². The predicted molar refractivity (Wildman–Crippen MR) is 87.1 cm³/mol. The predicted octanol–water partition coefficient (Wildman–Crippen LogP) is 3.70. The molecule has 0 saturated heterocycles. The van der Waals surface area contributed by atoms with Gasteiger partial charge in [0.25, 0.3) is 10.0 Å². The summed E-state index contributed by atoms with van der Waals surface area (Å²) in [6, 6.07) is 9.51. The molecule has 0 radical (unpaired) electrons. The van der Waals surface area contributed by atoms with Gasteiger partial charge in [-0.15, -0.1) is 0 Å². The van der Waals surface area contributed by atoms with Crippen molar-refractivity contribution in [3.05, 3.63) is 57.0 Å². The summed E-state index contributed by atoms with van der Waals surface area (Å²) >= 11 is 9.19. The normalized spacial score (nSPS) is 11.4. The van der Waals surface area contributed by atoms with Gasteiger partial charge in [-0.25, -0.2) is 8.42 Å². The Balaban J connectivity index is 2.36. The van der Waals surface area contributed by atoms with Gasteiger partial charge in [0, 0.05) is 9.50 Å². The molecular weight excluding hydrogens is 378 g/mol. The maximum atomic E-state index is 12.4. The summed E-state index contributed by atoms with van der Waals surface area (Å²) in [5, 5.41) is 9.54. The van der Waals surface area contributed by atoms with Gasteiger partial charge in [0.1, 0.15) is 4.90 Å². The van der Waals surface area contributed by atoms with Gasteiger partial charge in [-0.1, -0.05) is 23.7 Å². The van der Waals surface area contributed by atoms with Crippen molar-refractivity contribution in [2.75, 3.05) is 4.72 Å². The second-order valence-electron chi connectivity index (χ2n) is 4.49. The van der Waals surface area contributed by atoms with Crippen LogP contribution in [0.25, 0.3) is 0 Å². The number of nitrogens with one attached hydrogen (secondary N) is 1. The van der Waals surface area contributed by atoms with Gasteiger partial charge < -0.3 is 5.11 Å². The van der Waals surface area contributed by atoms with Crippen LogP contribution in [0.4, 0.5) is 5.69 Å². The minimum atomic E-state index is -3.74. The van der Waals surface area contributed by atoms with E-state index < -0.39 is 10.0 Å². The molecule has 2 rings (SSSR count). The van der Waals surface area contributed by atoms with Crippen molar-refractivity contribution in [2.24, 2.45) is 0 Å². The SMILES string of the molecule is Cc1ccc(NS(=O)(=O)c2ccc(CO)cc2Br)cc1Cl. The third-order valence-corrected chi connectivity index (χ3v) is 5.66. The van der Waals surface area contributed by atoms with E-state index in [1.165, 1.54) is 6.07 Å². The number of aliphatic hydroxyl groups is 1. The summed E-state index contributed by atoms with van der Waals surface area (Å²) in [5.41, 5.74) is 1.89. The molecule has 112 valence electrons. The van der Waals surface area contributed by atoms with E-state index in [-0.39, 0.29) is 11.5 Å². The molecule has 0 aliphatic rings. The van der Waals surface area contributed by atoms with Crippen molar-refractivity contribution >= 4 is 43.2 Å². The third-order valence-electron chi connectivity index (χ3n) is 2.89. The second kappa shape index (κ2) is 6.36. The fourth-order valence-corrected chi connectivity index (χ4v) is 4.08. The number of aliphatic hydroxyl groups excluding tert-OH is 1. The van der Waals surface area contributed by atoms with Gasteiger partial charge in [-0.3, -0.25) is 4.72 Å². The monoisotopic (exact) mass is 389 g/mol. The third kappa shape index (κ3) is 3.77. The maximum Gasteiger partial charge on any atom is 0.263 e. The van der Waals surface area contributed by atoms with E-state index in [0.717, 1.165) is 5.56 Å². The van der Waals surface area contributed by atoms with Crippen molar-refractivity contribution in [3.8, 4) is 0 Å². The van der Waals surface area contributed by atoms with E-state index in [4.69, 9.17) is 16.7 Å². The molecule has 0 heterocycles. The zero-order valence-electron chi connectivity index (χ0n) is 11.1. The van der Waals surface area contributed by atoms with Crippen molar-refractivity contribution in [3.63, 3.8) is 0 Å². The Bertz CT molecular complexity index is 778. The molecule has 0 aliphatic heterocycles. The lowest BCUT2D eigenvalue weighted by molar-refractivity contribution is 0.281. The molecule has 21 heavy (non-hydrogen) atoms. The molecule has 0 saturated carbocycles. The van der Waals surface area contributed by atoms with Crippen molar-refractivity contribution < 1.29 is 13.5 Å². The van der Waals surface area contributed by atoms with Crippen LogP contribution in [0, 0.1) is 6.92 Å². The molecule has 0 aliphatic carbocycles. The molecule has 0 amide bonds. The molecule has 0 aromatic heterocycles. The zero-order valence-corrected chi connectivity index (χ0v) is 14.3. The van der Waals surface area contributed by atoms with E-state index in [1.54, 1.807) is 30.3 Å². The van der Waals surface area contributed by atoms with Crippen molar-refractivity contribution in [2.45, 2.75) is 18.4 Å². The molecule has 7 heteroatoms. The first-order valence-corrected chi connectivity index (χ1v) is 8.67. The van der Waals surface area contributed by atoms with Gasteiger partial charge in [0.15, 0.2) is 0 Å². The number of hydrogen-bond donors (Lipinski definition) is 2. The fraction of sp³-hybridized carbons (Fsp3) is 0.143. The quantitative estimate of drug-likeness (QED) is 0.836. The molecule has 2 N–H and O–H groups in total. The standard InChI is InChI=1S/C14H13BrClNO3S/c1-9-2-4-11(7-13(9)16)17-21(19,20)14-5-3-10(8-18)6-12(14)15/h2-7,17-18H,8H2,1H3. The zero-order chi connectivity index (χ0) is 15.6. The highest BCUT2D eigenvalue weighted by Crippen LogP contribution is 2.27. The Morgan fingerprint density at radius 3 is 2.52 bits per heavy atom. The number of anilines is 1. The Morgan fingerprint density at radius 2 is 1.95 bits per heavy atom. The first kappa shape index (κ1) is 16.3. The van der Waals surface area contributed by atoms with Crippen LogP contribution in [0.1, 0.15) is 11.1 Å². The molecule has 0 spiro atoms. The van der Waals surface area contributed by atoms with Crippen LogP contribution in [-0.4, -0.2) is 13.5 Å². The molecule has 0 atom stereocenters. The van der Waals surface area contributed by atoms with E-state index >= 15 is 0 Å². The minimum absolute atomic E-state index is 0.0939. The van der Waals surface area contributed by atoms with Crippen LogP contribution < -0.4 is 4.72 Å². The lowest BCUT2D eigenvalue weighted by atomic mass is 10.2. The smallest absolute Gasteiger partial charge is 0.263 e. The minimum Gasteiger partial charge on any atom is -0.392 e. The highest BCUT2D eigenvalue weighted by molar-refractivity contribution is 9.10. The van der Waals surface area contributed by atoms with Crippen LogP contribution in [-0.2, 0) is 16.6 Å². The molecular formula is C14H13BrClNO3S. The number of benzene rings is 2. The maximum absolute atomic E-state index is 12.4. The van der Waals surface area contributed by atoms with Crippen LogP contribution in [0.3, 0.4) is 0 Å². The van der Waals surface area contributed by atoms with Gasteiger partial charge >= 0.3 is 0 Å². The summed E-state index contributed by atoms with van der Waals surface area (Å²) < 4.78 is 27.6. The van der Waals surface area contributed by atoms with Crippen LogP contribution >= 0.6 is 27.5 Å². The van der Waals surface area contributed by atoms with Gasteiger partial charge in [-0.2, -0.15) is 0 Å². The molecule has 2 aromatic carbocycles. The average molecular weight is 391 g/mol. The summed E-state index contributed by atoms with van der Waals surface area (Å²) in [4.78, 5) is 0.0939. The first-order valence-electron chi connectivity index (χ1n) is 6.02. The molecule has 0 unspecified atom stereocenters. The van der Waals surface area contributed by atoms with Gasteiger partial charge in [0.05, 0.1) is 12.3 Å². The average Bonchev–Trinajstić information content (AvgIpc) is 2.42. The van der Waals surface area contributed by atoms with Crippen LogP contribution in [0.5, 0.6) is 0 Å². The number of hydrogen-bond acceptors (Lipinski definition) is 3. The summed E-state index contributed by atoms with van der Waals surface area (Å²) in [7, 11) is -3.74. The van der Waals surface area contributed by atoms with Gasteiger partial charge in [-0.05, 0) is 58.2 Å². The molecule has 0 bridgehead atoms. The lowest BCUT2D eigenvalue weighted by Crippen LogP contribution is -2.13. The largest absolute Gasteiger partial charge is 0.392 e. The van der Waals surface area contributed by atoms with Crippen molar-refractivity contribution in [1.29, 1.82) is 0 Å². The number of sulfonamides is 1. The molecule has 4 nitrogen and oxygen atoms in total. The van der Waals surface area contributed by atoms with E-state index in [1.807, 2.05) is 6.92 Å². The topological polar surface area (TPSA) is 66.4 Å². The Hall–Kier alpha value is -1.08. The van der Waals surface area contributed by atoms with Crippen molar-refractivity contribution in [1.82, 2.24) is 0 Å². The number of rotatable bonds is 4. The highest BCUT2D eigenvalue weighted by atomic mass is 79.9. The number of aryl methyl sites for hydroxylation is 1. The highest BCUT2D eigenvalue weighted by Gasteiger charge is 2.18. The summed E-state index contributed by atoms with van der Waals surface area (Å²) in [6.07, 6.45) is 0. The fourth-order valence-electron chi connectivity index (χ4n) is 1.73. The number of halogens is 2. The van der Waals surface area contributed by atoms with Crippen LogP contribution in [0.15, 0.2) is 45.8 Å². The Kier molecular flexibility index (Phi) is 4.93. The van der Waals surface area contributed by atoms with Crippen LogP contribution in [0.2, 0.25) is 5.02 Å². The molecule has 0 fully saturated rings. The first-order chi connectivity index (χ1) is 9.83.